The van der Waals surface area contributed by atoms with Crippen LogP contribution in [0.15, 0.2) is 46.9 Å². The zero-order valence-electron chi connectivity index (χ0n) is 13.9. The number of amides is 1. The van der Waals surface area contributed by atoms with Gasteiger partial charge >= 0.3 is 0 Å². The van der Waals surface area contributed by atoms with Crippen LogP contribution in [0.25, 0.3) is 0 Å². The number of benzene rings is 2. The van der Waals surface area contributed by atoms with Gasteiger partial charge in [-0.05, 0) is 71.3 Å². The van der Waals surface area contributed by atoms with Crippen LogP contribution >= 0.6 is 15.9 Å². The van der Waals surface area contributed by atoms with Crippen LogP contribution in [0.2, 0.25) is 0 Å². The van der Waals surface area contributed by atoms with E-state index in [-0.39, 0.29) is 5.91 Å². The van der Waals surface area contributed by atoms with E-state index in [1.54, 1.807) is 0 Å². The molecule has 0 aliphatic carbocycles. The van der Waals surface area contributed by atoms with Crippen LogP contribution in [0, 0.1) is 6.92 Å². The van der Waals surface area contributed by atoms with Crippen LogP contribution < -0.4 is 5.32 Å². The Labute approximate surface area is 146 Å². The van der Waals surface area contributed by atoms with Crippen molar-refractivity contribution < 1.29 is 4.79 Å². The molecule has 1 amide bonds. The molecule has 0 bridgehead atoms. The Bertz CT molecular complexity index is 664. The number of rotatable bonds is 6. The second kappa shape index (κ2) is 8.27. The number of hydrogen-bond donors (Lipinski definition) is 1. The Morgan fingerprint density at radius 1 is 1.09 bits per heavy atom. The number of nitrogens with zero attached hydrogens (tertiary/aromatic N) is 1. The lowest BCUT2D eigenvalue weighted by atomic mass is 10.1. The van der Waals surface area contributed by atoms with E-state index in [0.717, 1.165) is 35.4 Å². The molecule has 0 saturated heterocycles. The van der Waals surface area contributed by atoms with E-state index in [2.05, 4.69) is 40.0 Å². The van der Waals surface area contributed by atoms with Crippen molar-refractivity contribution >= 4 is 27.5 Å². The van der Waals surface area contributed by atoms with Gasteiger partial charge < -0.3 is 5.32 Å². The third-order valence-corrected chi connectivity index (χ3v) is 4.55. The Morgan fingerprint density at radius 3 is 2.30 bits per heavy atom. The van der Waals surface area contributed by atoms with Crippen molar-refractivity contribution in [3.8, 4) is 0 Å². The van der Waals surface area contributed by atoms with Crippen molar-refractivity contribution in [2.75, 3.05) is 18.4 Å². The van der Waals surface area contributed by atoms with Gasteiger partial charge in [0.25, 0.3) is 5.91 Å². The number of anilines is 1. The summed E-state index contributed by atoms with van der Waals surface area (Å²) in [5, 5.41) is 2.94. The van der Waals surface area contributed by atoms with E-state index < -0.39 is 0 Å². The molecule has 0 aliphatic heterocycles. The van der Waals surface area contributed by atoms with Crippen molar-refractivity contribution in [2.24, 2.45) is 0 Å². The summed E-state index contributed by atoms with van der Waals surface area (Å²) in [6.07, 6.45) is 0. The standard InChI is InChI=1S/C19H23BrN2O/c1-4-22(5-2)13-15-7-9-16(10-8-15)19(23)21-18-11-6-14(3)12-17(18)20/h6-12H,4-5,13H2,1-3H3,(H,21,23). The lowest BCUT2D eigenvalue weighted by Gasteiger charge is -2.18. The molecule has 0 heterocycles. The van der Waals surface area contributed by atoms with E-state index >= 15 is 0 Å². The normalized spacial score (nSPS) is 10.8. The first-order valence-corrected chi connectivity index (χ1v) is 8.71. The van der Waals surface area contributed by atoms with Crippen molar-refractivity contribution in [1.29, 1.82) is 0 Å². The van der Waals surface area contributed by atoms with Gasteiger partial charge in [0.1, 0.15) is 0 Å². The molecular formula is C19H23BrN2O. The lowest BCUT2D eigenvalue weighted by Crippen LogP contribution is -2.22. The summed E-state index contributed by atoms with van der Waals surface area (Å²) in [4.78, 5) is 14.7. The molecule has 0 unspecified atom stereocenters. The van der Waals surface area contributed by atoms with Crippen LogP contribution in [0.3, 0.4) is 0 Å². The fourth-order valence-corrected chi connectivity index (χ4v) is 2.98. The molecular weight excluding hydrogens is 352 g/mol. The van der Waals surface area contributed by atoms with E-state index in [0.29, 0.717) is 5.56 Å². The Balaban J connectivity index is 2.05. The zero-order valence-corrected chi connectivity index (χ0v) is 15.5. The number of carbonyl (C=O) groups excluding carboxylic acids is 1. The third kappa shape index (κ3) is 4.91. The molecule has 2 rings (SSSR count). The first-order chi connectivity index (χ1) is 11.0. The topological polar surface area (TPSA) is 32.3 Å². The summed E-state index contributed by atoms with van der Waals surface area (Å²) >= 11 is 3.48. The summed E-state index contributed by atoms with van der Waals surface area (Å²) in [6.45, 7) is 9.30. The zero-order chi connectivity index (χ0) is 16.8. The van der Waals surface area contributed by atoms with Crippen LogP contribution in [0.1, 0.15) is 35.3 Å². The van der Waals surface area contributed by atoms with E-state index in [9.17, 15) is 4.79 Å². The van der Waals surface area contributed by atoms with Crippen LogP contribution in [-0.2, 0) is 6.54 Å². The highest BCUT2D eigenvalue weighted by molar-refractivity contribution is 9.10. The molecule has 1 N–H and O–H groups in total. The molecule has 0 radical (unpaired) electrons. The Hall–Kier alpha value is -1.65. The highest BCUT2D eigenvalue weighted by Gasteiger charge is 2.09. The number of nitrogens with one attached hydrogen (secondary N) is 1. The van der Waals surface area contributed by atoms with Gasteiger partial charge in [-0.1, -0.05) is 32.0 Å². The average Bonchev–Trinajstić information content (AvgIpc) is 2.55. The Kier molecular flexibility index (Phi) is 6.37. The van der Waals surface area contributed by atoms with Crippen LogP contribution in [0.5, 0.6) is 0 Å². The van der Waals surface area contributed by atoms with E-state index in [1.165, 1.54) is 5.56 Å². The van der Waals surface area contributed by atoms with Crippen molar-refractivity contribution in [2.45, 2.75) is 27.3 Å². The molecule has 0 saturated carbocycles. The molecule has 3 nitrogen and oxygen atoms in total. The average molecular weight is 375 g/mol. The van der Waals surface area contributed by atoms with Crippen LogP contribution in [-0.4, -0.2) is 23.9 Å². The summed E-state index contributed by atoms with van der Waals surface area (Å²) in [7, 11) is 0. The molecule has 0 aliphatic rings. The van der Waals surface area contributed by atoms with Crippen LogP contribution in [0.4, 0.5) is 5.69 Å². The van der Waals surface area contributed by atoms with Gasteiger partial charge in [-0.15, -0.1) is 0 Å². The largest absolute Gasteiger partial charge is 0.321 e. The third-order valence-electron chi connectivity index (χ3n) is 3.89. The van der Waals surface area contributed by atoms with Gasteiger partial charge in [-0.2, -0.15) is 0 Å². The van der Waals surface area contributed by atoms with Gasteiger partial charge in [0.15, 0.2) is 0 Å². The molecule has 23 heavy (non-hydrogen) atoms. The predicted octanol–water partition coefficient (Wildman–Crippen LogP) is 4.85. The minimum absolute atomic E-state index is 0.0936. The monoisotopic (exact) mass is 374 g/mol. The first kappa shape index (κ1) is 17.7. The number of halogens is 1. The Morgan fingerprint density at radius 2 is 1.74 bits per heavy atom. The molecule has 0 atom stereocenters. The van der Waals surface area contributed by atoms with Crippen molar-refractivity contribution in [3.63, 3.8) is 0 Å². The molecule has 2 aromatic carbocycles. The summed E-state index contributed by atoms with van der Waals surface area (Å²) in [5.74, 6) is -0.0936. The molecule has 0 fully saturated rings. The maximum absolute atomic E-state index is 12.4. The SMILES string of the molecule is CCN(CC)Cc1ccc(C(=O)Nc2ccc(C)cc2Br)cc1. The molecule has 4 heteroatoms. The quantitative estimate of drug-likeness (QED) is 0.783. The second-order valence-electron chi connectivity index (χ2n) is 5.60. The first-order valence-electron chi connectivity index (χ1n) is 7.92. The fraction of sp³-hybridized carbons (Fsp3) is 0.316. The molecule has 122 valence electrons. The minimum atomic E-state index is -0.0936. The lowest BCUT2D eigenvalue weighted by molar-refractivity contribution is 0.102. The van der Waals surface area contributed by atoms with Gasteiger partial charge in [-0.3, -0.25) is 9.69 Å². The van der Waals surface area contributed by atoms with Gasteiger partial charge in [0.05, 0.1) is 5.69 Å². The maximum Gasteiger partial charge on any atom is 0.255 e. The maximum atomic E-state index is 12.4. The molecule has 0 spiro atoms. The number of carbonyl (C=O) groups is 1. The van der Waals surface area contributed by atoms with Crippen molar-refractivity contribution in [3.05, 3.63) is 63.6 Å². The van der Waals surface area contributed by atoms with E-state index in [4.69, 9.17) is 0 Å². The second-order valence-corrected chi connectivity index (χ2v) is 6.45. The summed E-state index contributed by atoms with van der Waals surface area (Å²) in [5.41, 5.74) is 3.82. The predicted molar refractivity (Wildman–Crippen MR) is 99.9 cm³/mol. The highest BCUT2D eigenvalue weighted by Crippen LogP contribution is 2.24. The van der Waals surface area contributed by atoms with E-state index in [1.807, 2.05) is 49.4 Å². The fourth-order valence-electron chi connectivity index (χ4n) is 2.38. The highest BCUT2D eigenvalue weighted by atomic mass is 79.9. The summed E-state index contributed by atoms with van der Waals surface area (Å²) in [6, 6.07) is 13.7. The van der Waals surface area contributed by atoms with Gasteiger partial charge in [0.2, 0.25) is 0 Å². The van der Waals surface area contributed by atoms with Gasteiger partial charge in [0, 0.05) is 16.6 Å². The minimum Gasteiger partial charge on any atom is -0.321 e. The molecule has 2 aromatic rings. The molecule has 0 aromatic heterocycles. The smallest absolute Gasteiger partial charge is 0.255 e. The summed E-state index contributed by atoms with van der Waals surface area (Å²) < 4.78 is 0.893. The van der Waals surface area contributed by atoms with Gasteiger partial charge in [-0.25, -0.2) is 0 Å². The number of hydrogen-bond acceptors (Lipinski definition) is 2. The number of aryl methyl sites for hydroxylation is 1. The van der Waals surface area contributed by atoms with Crippen molar-refractivity contribution in [1.82, 2.24) is 4.90 Å².